The van der Waals surface area contributed by atoms with Gasteiger partial charge in [-0.2, -0.15) is 0 Å². The van der Waals surface area contributed by atoms with Crippen molar-refractivity contribution >= 4 is 5.91 Å². The Hall–Kier alpha value is -1.07. The number of hydrogen-bond acceptors (Lipinski definition) is 4. The summed E-state index contributed by atoms with van der Waals surface area (Å²) in [6, 6.07) is 0. The van der Waals surface area contributed by atoms with Crippen LogP contribution >= 0.6 is 0 Å². The van der Waals surface area contributed by atoms with Gasteiger partial charge in [-0.25, -0.2) is 0 Å². The lowest BCUT2D eigenvalue weighted by Crippen LogP contribution is -2.43. The molecule has 0 aromatic rings. The maximum absolute atomic E-state index is 12.5. The third kappa shape index (κ3) is 4.31. The molecular formula is C19H31NO4. The largest absolute Gasteiger partial charge is 0.459 e. The van der Waals surface area contributed by atoms with E-state index in [1.807, 2.05) is 13.0 Å². The molecule has 136 valence electrons. The van der Waals surface area contributed by atoms with E-state index in [4.69, 9.17) is 9.47 Å². The third-order valence-corrected chi connectivity index (χ3v) is 5.62. The molecule has 1 aliphatic heterocycles. The van der Waals surface area contributed by atoms with E-state index in [1.165, 1.54) is 32.1 Å². The Balaban J connectivity index is 1.72. The highest BCUT2D eigenvalue weighted by Crippen LogP contribution is 2.44. The van der Waals surface area contributed by atoms with Crippen LogP contribution in [0.5, 0.6) is 0 Å². The zero-order valence-electron chi connectivity index (χ0n) is 14.7. The monoisotopic (exact) mass is 337 g/mol. The molecule has 0 unspecified atom stereocenters. The lowest BCUT2D eigenvalue weighted by atomic mass is 9.68. The number of hydrogen-bond donors (Lipinski definition) is 2. The van der Waals surface area contributed by atoms with E-state index in [0.29, 0.717) is 30.1 Å². The standard InChI is InChI=1S/C19H31NO4/c1-2-23-19-15(7-4-10-21)16(14-5-3-6-14)11-17(24-19)18(22)20-12-13-8-9-13/h11,13-16,19,21H,2-10,12H2,1H3,(H,20,22)/t15-,16+,19+/m0/s1. The molecule has 24 heavy (non-hydrogen) atoms. The van der Waals surface area contributed by atoms with E-state index in [9.17, 15) is 9.90 Å². The first-order chi connectivity index (χ1) is 11.7. The van der Waals surface area contributed by atoms with Crippen LogP contribution in [0.15, 0.2) is 11.8 Å². The summed E-state index contributed by atoms with van der Waals surface area (Å²) in [5.41, 5.74) is 0. The first-order valence-corrected chi connectivity index (χ1v) is 9.62. The van der Waals surface area contributed by atoms with Crippen LogP contribution in [-0.2, 0) is 14.3 Å². The molecule has 5 nitrogen and oxygen atoms in total. The van der Waals surface area contributed by atoms with Crippen LogP contribution in [0.3, 0.4) is 0 Å². The summed E-state index contributed by atoms with van der Waals surface area (Å²) >= 11 is 0. The molecule has 1 heterocycles. The van der Waals surface area contributed by atoms with Crippen molar-refractivity contribution < 1.29 is 19.4 Å². The van der Waals surface area contributed by atoms with Crippen molar-refractivity contribution in [3.63, 3.8) is 0 Å². The number of ether oxygens (including phenoxy) is 2. The summed E-state index contributed by atoms with van der Waals surface area (Å²) in [5.74, 6) is 2.15. The molecule has 0 aromatic carbocycles. The second-order valence-electron chi connectivity index (χ2n) is 7.42. The number of aliphatic hydroxyl groups is 1. The Morgan fingerprint density at radius 3 is 2.75 bits per heavy atom. The van der Waals surface area contributed by atoms with Crippen molar-refractivity contribution in [3.05, 3.63) is 11.8 Å². The number of rotatable bonds is 9. The van der Waals surface area contributed by atoms with E-state index in [-0.39, 0.29) is 24.7 Å². The van der Waals surface area contributed by atoms with E-state index < -0.39 is 0 Å². The van der Waals surface area contributed by atoms with Crippen molar-refractivity contribution in [1.29, 1.82) is 0 Å². The third-order valence-electron chi connectivity index (χ3n) is 5.62. The molecule has 5 heteroatoms. The molecule has 0 bridgehead atoms. The normalized spacial score (nSPS) is 30.2. The zero-order chi connectivity index (χ0) is 16.9. The summed E-state index contributed by atoms with van der Waals surface area (Å²) in [5, 5.41) is 12.2. The number of allylic oxidation sites excluding steroid dienone is 1. The van der Waals surface area contributed by atoms with E-state index in [0.717, 1.165) is 19.4 Å². The molecule has 3 rings (SSSR count). The molecule has 0 saturated heterocycles. The topological polar surface area (TPSA) is 67.8 Å². The van der Waals surface area contributed by atoms with Crippen LogP contribution in [-0.4, -0.2) is 37.1 Å². The summed E-state index contributed by atoms with van der Waals surface area (Å²) in [4.78, 5) is 12.5. The van der Waals surface area contributed by atoms with Gasteiger partial charge in [0.2, 0.25) is 6.29 Å². The fourth-order valence-electron chi connectivity index (χ4n) is 3.79. The van der Waals surface area contributed by atoms with Crippen LogP contribution in [0.1, 0.15) is 51.9 Å². The van der Waals surface area contributed by atoms with Gasteiger partial charge in [0.25, 0.3) is 5.91 Å². The van der Waals surface area contributed by atoms with Gasteiger partial charge in [-0.3, -0.25) is 4.79 Å². The number of carbonyl (C=O) groups excluding carboxylic acids is 1. The van der Waals surface area contributed by atoms with Crippen molar-refractivity contribution in [3.8, 4) is 0 Å². The molecule has 3 aliphatic rings. The summed E-state index contributed by atoms with van der Waals surface area (Å²) in [6.07, 6.45) is 9.42. The Kier molecular flexibility index (Phi) is 6.17. The average molecular weight is 337 g/mol. The minimum absolute atomic E-state index is 0.100. The second kappa shape index (κ2) is 8.34. The maximum atomic E-state index is 12.5. The average Bonchev–Trinajstić information content (AvgIpc) is 3.34. The Morgan fingerprint density at radius 2 is 2.17 bits per heavy atom. The van der Waals surface area contributed by atoms with Crippen molar-refractivity contribution in [2.24, 2.45) is 23.7 Å². The fraction of sp³-hybridized carbons (Fsp3) is 0.842. The highest BCUT2D eigenvalue weighted by atomic mass is 16.7. The summed E-state index contributed by atoms with van der Waals surface area (Å²) in [6.45, 7) is 3.46. The molecule has 2 fully saturated rings. The highest BCUT2D eigenvalue weighted by Gasteiger charge is 2.42. The van der Waals surface area contributed by atoms with Crippen LogP contribution in [0.25, 0.3) is 0 Å². The van der Waals surface area contributed by atoms with Gasteiger partial charge in [0.05, 0.1) is 0 Å². The highest BCUT2D eigenvalue weighted by molar-refractivity contribution is 5.91. The minimum Gasteiger partial charge on any atom is -0.459 e. The molecule has 2 N–H and O–H groups in total. The molecule has 2 saturated carbocycles. The fourth-order valence-corrected chi connectivity index (χ4v) is 3.79. The number of nitrogens with one attached hydrogen (secondary N) is 1. The second-order valence-corrected chi connectivity index (χ2v) is 7.42. The molecule has 3 atom stereocenters. The van der Waals surface area contributed by atoms with Gasteiger partial charge < -0.3 is 19.9 Å². The predicted octanol–water partition coefficient (Wildman–Crippen LogP) is 2.59. The molecule has 0 radical (unpaired) electrons. The predicted molar refractivity (Wildman–Crippen MR) is 91.0 cm³/mol. The van der Waals surface area contributed by atoms with E-state index in [1.54, 1.807) is 0 Å². The van der Waals surface area contributed by atoms with Crippen molar-refractivity contribution in [2.75, 3.05) is 19.8 Å². The van der Waals surface area contributed by atoms with Gasteiger partial charge in [0.15, 0.2) is 5.76 Å². The van der Waals surface area contributed by atoms with Gasteiger partial charge in [-0.1, -0.05) is 6.42 Å². The zero-order valence-corrected chi connectivity index (χ0v) is 14.7. The minimum atomic E-state index is -0.376. The number of carbonyl (C=O) groups is 1. The molecule has 0 aromatic heterocycles. The Labute approximate surface area is 144 Å². The summed E-state index contributed by atoms with van der Waals surface area (Å²) < 4.78 is 11.8. The van der Waals surface area contributed by atoms with Gasteiger partial charge >= 0.3 is 0 Å². The summed E-state index contributed by atoms with van der Waals surface area (Å²) in [7, 11) is 0. The molecule has 1 amide bonds. The van der Waals surface area contributed by atoms with Crippen molar-refractivity contribution in [1.82, 2.24) is 5.32 Å². The van der Waals surface area contributed by atoms with Gasteiger partial charge in [-0.05, 0) is 69.3 Å². The van der Waals surface area contributed by atoms with Gasteiger partial charge in [-0.15, -0.1) is 0 Å². The molecular weight excluding hydrogens is 306 g/mol. The lowest BCUT2D eigenvalue weighted by Gasteiger charge is -2.43. The lowest BCUT2D eigenvalue weighted by molar-refractivity contribution is -0.178. The molecule has 2 aliphatic carbocycles. The molecule has 0 spiro atoms. The SMILES string of the molecule is CCO[C@@H]1OC(C(=O)NCC2CC2)=C[C@H](C2CCC2)[C@@H]1CCCO. The van der Waals surface area contributed by atoms with Crippen LogP contribution < -0.4 is 5.32 Å². The first-order valence-electron chi connectivity index (χ1n) is 9.62. The number of aliphatic hydroxyl groups excluding tert-OH is 1. The van der Waals surface area contributed by atoms with E-state index >= 15 is 0 Å². The Bertz CT molecular complexity index is 456. The Morgan fingerprint density at radius 1 is 1.38 bits per heavy atom. The van der Waals surface area contributed by atoms with Crippen LogP contribution in [0.4, 0.5) is 0 Å². The maximum Gasteiger partial charge on any atom is 0.286 e. The van der Waals surface area contributed by atoms with Gasteiger partial charge in [0.1, 0.15) is 0 Å². The van der Waals surface area contributed by atoms with Gasteiger partial charge in [0, 0.05) is 25.7 Å². The smallest absolute Gasteiger partial charge is 0.286 e. The van der Waals surface area contributed by atoms with E-state index in [2.05, 4.69) is 5.32 Å². The number of amides is 1. The quantitative estimate of drug-likeness (QED) is 0.679. The van der Waals surface area contributed by atoms with Crippen molar-refractivity contribution in [2.45, 2.75) is 58.2 Å². The first kappa shape index (κ1) is 17.7. The van der Waals surface area contributed by atoms with Crippen LogP contribution in [0, 0.1) is 23.7 Å². The van der Waals surface area contributed by atoms with Crippen LogP contribution in [0.2, 0.25) is 0 Å².